The van der Waals surface area contributed by atoms with E-state index in [1.807, 2.05) is 13.0 Å². The number of benzene rings is 1. The second-order valence-corrected chi connectivity index (χ2v) is 6.06. The molecule has 0 bridgehead atoms. The normalized spacial score (nSPS) is 11.3. The molecule has 0 aliphatic heterocycles. The van der Waals surface area contributed by atoms with Crippen molar-refractivity contribution in [2.24, 2.45) is 0 Å². The number of unbranched alkanes of at least 4 members (excludes halogenated alkanes) is 1. The lowest BCUT2D eigenvalue weighted by molar-refractivity contribution is 0.795. The van der Waals surface area contributed by atoms with Gasteiger partial charge in [-0.15, -0.1) is 11.3 Å². The summed E-state index contributed by atoms with van der Waals surface area (Å²) in [6, 6.07) is 15.2. The maximum atomic E-state index is 8.81. The Bertz CT molecular complexity index is 626. The maximum Gasteiger partial charge on any atom is 0.0944 e. The molecule has 0 fully saturated rings. The van der Waals surface area contributed by atoms with Crippen LogP contribution in [-0.4, -0.2) is 0 Å². The van der Waals surface area contributed by atoms with E-state index in [1.165, 1.54) is 28.8 Å². The SMILES string of the molecule is CCCCc1ccc(-c2ccc(/C=C(/C)C#N)s2)cc1. The molecule has 0 radical (unpaired) electrons. The molecule has 0 atom stereocenters. The number of aryl methyl sites for hydroxylation is 1. The van der Waals surface area contributed by atoms with Gasteiger partial charge in [-0.05, 0) is 49.1 Å². The van der Waals surface area contributed by atoms with Gasteiger partial charge in [0.2, 0.25) is 0 Å². The fourth-order valence-electron chi connectivity index (χ4n) is 2.05. The molecule has 102 valence electrons. The molecule has 1 nitrogen and oxygen atoms in total. The van der Waals surface area contributed by atoms with E-state index in [4.69, 9.17) is 5.26 Å². The molecule has 0 spiro atoms. The van der Waals surface area contributed by atoms with Crippen LogP contribution in [-0.2, 0) is 6.42 Å². The topological polar surface area (TPSA) is 23.8 Å². The van der Waals surface area contributed by atoms with Crippen LogP contribution >= 0.6 is 11.3 Å². The third-order valence-corrected chi connectivity index (χ3v) is 4.30. The van der Waals surface area contributed by atoms with Gasteiger partial charge in [0.25, 0.3) is 0 Å². The van der Waals surface area contributed by atoms with Gasteiger partial charge < -0.3 is 0 Å². The molecule has 2 rings (SSSR count). The second kappa shape index (κ2) is 7.07. The third-order valence-electron chi connectivity index (χ3n) is 3.22. The highest BCUT2D eigenvalue weighted by Gasteiger charge is 2.02. The lowest BCUT2D eigenvalue weighted by atomic mass is 10.1. The van der Waals surface area contributed by atoms with Gasteiger partial charge >= 0.3 is 0 Å². The van der Waals surface area contributed by atoms with Crippen LogP contribution in [0.25, 0.3) is 16.5 Å². The highest BCUT2D eigenvalue weighted by atomic mass is 32.1. The molecule has 2 aromatic rings. The minimum atomic E-state index is 0.744. The van der Waals surface area contributed by atoms with Crippen LogP contribution in [0.2, 0.25) is 0 Å². The summed E-state index contributed by atoms with van der Waals surface area (Å²) < 4.78 is 0. The Hall–Kier alpha value is -1.85. The Morgan fingerprint density at radius 1 is 1.20 bits per heavy atom. The largest absolute Gasteiger partial charge is 0.193 e. The standard InChI is InChI=1S/C18H19NS/c1-3-4-5-15-6-8-16(9-7-15)18-11-10-17(20-18)12-14(2)13-19/h6-12H,3-5H2,1-2H3/b14-12-. The van der Waals surface area contributed by atoms with Gasteiger partial charge in [-0.25, -0.2) is 0 Å². The van der Waals surface area contributed by atoms with E-state index < -0.39 is 0 Å². The zero-order valence-electron chi connectivity index (χ0n) is 12.0. The fraction of sp³-hybridized carbons (Fsp3) is 0.278. The van der Waals surface area contributed by atoms with Crippen molar-refractivity contribution in [1.29, 1.82) is 5.26 Å². The van der Waals surface area contributed by atoms with Crippen molar-refractivity contribution in [3.63, 3.8) is 0 Å². The molecule has 1 aromatic heterocycles. The van der Waals surface area contributed by atoms with Crippen LogP contribution < -0.4 is 0 Å². The van der Waals surface area contributed by atoms with Crippen LogP contribution in [0.1, 0.15) is 37.1 Å². The Morgan fingerprint density at radius 2 is 1.95 bits per heavy atom. The lowest BCUT2D eigenvalue weighted by Gasteiger charge is -2.01. The summed E-state index contributed by atoms with van der Waals surface area (Å²) >= 11 is 1.73. The molecule has 0 unspecified atom stereocenters. The molecule has 2 heteroatoms. The monoisotopic (exact) mass is 281 g/mol. The van der Waals surface area contributed by atoms with Crippen molar-refractivity contribution in [3.8, 4) is 16.5 Å². The quantitative estimate of drug-likeness (QED) is 0.646. The first-order valence-corrected chi connectivity index (χ1v) is 7.82. The number of thiophene rings is 1. The molecule has 1 heterocycles. The molecule has 20 heavy (non-hydrogen) atoms. The smallest absolute Gasteiger partial charge is 0.0944 e. The summed E-state index contributed by atoms with van der Waals surface area (Å²) in [6.07, 6.45) is 5.59. The average molecular weight is 281 g/mol. The van der Waals surface area contributed by atoms with Crippen LogP contribution in [0.5, 0.6) is 0 Å². The van der Waals surface area contributed by atoms with Crippen LogP contribution in [0.15, 0.2) is 42.0 Å². The predicted octanol–water partition coefficient (Wildman–Crippen LogP) is 5.68. The minimum absolute atomic E-state index is 0.744. The van der Waals surface area contributed by atoms with Crippen molar-refractivity contribution in [3.05, 3.63) is 52.4 Å². The highest BCUT2D eigenvalue weighted by molar-refractivity contribution is 7.16. The Labute approximate surface area is 125 Å². The molecule has 0 saturated heterocycles. The zero-order valence-corrected chi connectivity index (χ0v) is 12.8. The van der Waals surface area contributed by atoms with E-state index in [2.05, 4.69) is 49.4 Å². The number of rotatable bonds is 5. The summed E-state index contributed by atoms with van der Waals surface area (Å²) in [7, 11) is 0. The lowest BCUT2D eigenvalue weighted by Crippen LogP contribution is -1.83. The van der Waals surface area contributed by atoms with Gasteiger partial charge in [0.1, 0.15) is 0 Å². The van der Waals surface area contributed by atoms with Gasteiger partial charge in [0.15, 0.2) is 0 Å². The molecule has 1 aromatic carbocycles. The van der Waals surface area contributed by atoms with Crippen molar-refractivity contribution in [2.45, 2.75) is 33.1 Å². The summed E-state index contributed by atoms with van der Waals surface area (Å²) in [5, 5.41) is 8.81. The van der Waals surface area contributed by atoms with Crippen molar-refractivity contribution in [2.75, 3.05) is 0 Å². The van der Waals surface area contributed by atoms with E-state index >= 15 is 0 Å². The zero-order chi connectivity index (χ0) is 14.4. The summed E-state index contributed by atoms with van der Waals surface area (Å²) in [4.78, 5) is 2.39. The third kappa shape index (κ3) is 3.82. The molecule has 0 N–H and O–H groups in total. The number of allylic oxidation sites excluding steroid dienone is 1. The van der Waals surface area contributed by atoms with E-state index in [0.29, 0.717) is 0 Å². The van der Waals surface area contributed by atoms with E-state index in [0.717, 1.165) is 16.9 Å². The average Bonchev–Trinajstić information content (AvgIpc) is 2.94. The summed E-state index contributed by atoms with van der Waals surface area (Å²) in [5.74, 6) is 0. The van der Waals surface area contributed by atoms with Crippen molar-refractivity contribution < 1.29 is 0 Å². The summed E-state index contributed by atoms with van der Waals surface area (Å²) in [5.41, 5.74) is 3.41. The first-order valence-electron chi connectivity index (χ1n) is 7.00. The van der Waals surface area contributed by atoms with E-state index in [9.17, 15) is 0 Å². The fourth-order valence-corrected chi connectivity index (χ4v) is 3.06. The maximum absolute atomic E-state index is 8.81. The van der Waals surface area contributed by atoms with Crippen LogP contribution in [0.3, 0.4) is 0 Å². The molecule has 0 aliphatic rings. The van der Waals surface area contributed by atoms with Gasteiger partial charge in [-0.3, -0.25) is 0 Å². The van der Waals surface area contributed by atoms with Crippen molar-refractivity contribution in [1.82, 2.24) is 0 Å². The number of hydrogen-bond donors (Lipinski definition) is 0. The first kappa shape index (κ1) is 14.6. The highest BCUT2D eigenvalue weighted by Crippen LogP contribution is 2.29. The van der Waals surface area contributed by atoms with Gasteiger partial charge in [-0.2, -0.15) is 5.26 Å². The Kier molecular flexibility index (Phi) is 5.15. The number of hydrogen-bond acceptors (Lipinski definition) is 2. The molecular weight excluding hydrogens is 262 g/mol. The summed E-state index contributed by atoms with van der Waals surface area (Å²) in [6.45, 7) is 4.06. The van der Waals surface area contributed by atoms with Gasteiger partial charge in [-0.1, -0.05) is 37.6 Å². The van der Waals surface area contributed by atoms with Crippen LogP contribution in [0, 0.1) is 11.3 Å². The molecule has 0 amide bonds. The molecule has 0 aliphatic carbocycles. The Morgan fingerprint density at radius 3 is 2.60 bits per heavy atom. The molecule has 0 saturated carbocycles. The number of nitrogens with zero attached hydrogens (tertiary/aromatic N) is 1. The van der Waals surface area contributed by atoms with E-state index in [-0.39, 0.29) is 0 Å². The predicted molar refractivity (Wildman–Crippen MR) is 87.6 cm³/mol. The van der Waals surface area contributed by atoms with Crippen molar-refractivity contribution >= 4 is 17.4 Å². The molecular formula is C18H19NS. The van der Waals surface area contributed by atoms with E-state index in [1.54, 1.807) is 11.3 Å². The first-order chi connectivity index (χ1) is 9.72. The Balaban J connectivity index is 2.14. The van der Waals surface area contributed by atoms with Gasteiger partial charge in [0, 0.05) is 15.3 Å². The second-order valence-electron chi connectivity index (χ2n) is 4.94. The minimum Gasteiger partial charge on any atom is -0.193 e. The van der Waals surface area contributed by atoms with Gasteiger partial charge in [0.05, 0.1) is 6.07 Å². The van der Waals surface area contributed by atoms with Crippen LogP contribution in [0.4, 0.5) is 0 Å². The number of nitriles is 1.